The molecule has 3 atom stereocenters. The molecular formula is C11H18N4OS. The topological polar surface area (TPSA) is 52.0 Å². The van der Waals surface area contributed by atoms with Crippen molar-refractivity contribution in [3.63, 3.8) is 0 Å². The molecule has 1 aromatic rings. The monoisotopic (exact) mass is 254 g/mol. The Hall–Kier alpha value is -0.590. The van der Waals surface area contributed by atoms with Crippen LogP contribution in [0.15, 0.2) is 6.33 Å². The third-order valence-corrected chi connectivity index (χ3v) is 5.07. The van der Waals surface area contributed by atoms with E-state index in [0.717, 1.165) is 31.1 Å². The van der Waals surface area contributed by atoms with Gasteiger partial charge < -0.3 is 10.1 Å². The van der Waals surface area contributed by atoms with Gasteiger partial charge in [-0.3, -0.25) is 4.68 Å². The van der Waals surface area contributed by atoms with E-state index in [0.29, 0.717) is 5.25 Å². The first-order valence-corrected chi connectivity index (χ1v) is 7.12. The second-order valence-corrected chi connectivity index (χ2v) is 6.18. The summed E-state index contributed by atoms with van der Waals surface area (Å²) in [6, 6.07) is 0.127. The van der Waals surface area contributed by atoms with Gasteiger partial charge in [0.15, 0.2) is 5.82 Å². The molecule has 2 saturated heterocycles. The van der Waals surface area contributed by atoms with Gasteiger partial charge in [-0.15, -0.1) is 0 Å². The van der Waals surface area contributed by atoms with E-state index in [9.17, 15) is 0 Å². The summed E-state index contributed by atoms with van der Waals surface area (Å²) in [5.41, 5.74) is -0.121. The first kappa shape index (κ1) is 11.5. The molecule has 3 rings (SSSR count). The van der Waals surface area contributed by atoms with Crippen molar-refractivity contribution in [3.05, 3.63) is 12.2 Å². The zero-order valence-electron chi connectivity index (χ0n) is 10.2. The van der Waals surface area contributed by atoms with E-state index in [4.69, 9.17) is 4.74 Å². The number of rotatable bonds is 1. The minimum Gasteiger partial charge on any atom is -0.370 e. The molecule has 0 amide bonds. The average molecular weight is 254 g/mol. The van der Waals surface area contributed by atoms with Crippen molar-refractivity contribution in [2.75, 3.05) is 18.9 Å². The molecule has 0 aliphatic carbocycles. The molecule has 0 saturated carbocycles. The van der Waals surface area contributed by atoms with Crippen LogP contribution in [-0.4, -0.2) is 44.5 Å². The van der Waals surface area contributed by atoms with Gasteiger partial charge in [-0.05, 0) is 12.2 Å². The van der Waals surface area contributed by atoms with Gasteiger partial charge in [-0.2, -0.15) is 16.9 Å². The molecule has 0 radical (unpaired) electrons. The Labute approximate surface area is 105 Å². The maximum Gasteiger partial charge on any atom is 0.170 e. The van der Waals surface area contributed by atoms with Crippen molar-refractivity contribution < 1.29 is 4.74 Å². The zero-order chi connectivity index (χ0) is 11.9. The Balaban J connectivity index is 1.95. The van der Waals surface area contributed by atoms with Crippen LogP contribution < -0.4 is 5.32 Å². The SMILES string of the molecule is CC1SCCC12OCCNC2c1ncn(C)n1. The Kier molecular flexibility index (Phi) is 2.88. The number of aromatic nitrogens is 3. The second-order valence-electron chi connectivity index (χ2n) is 4.73. The van der Waals surface area contributed by atoms with Gasteiger partial charge in [-0.25, -0.2) is 4.98 Å². The van der Waals surface area contributed by atoms with Crippen LogP contribution in [0, 0.1) is 0 Å². The first-order chi connectivity index (χ1) is 8.22. The number of hydrogen-bond acceptors (Lipinski definition) is 5. The van der Waals surface area contributed by atoms with Crippen LogP contribution in [0.5, 0.6) is 0 Å². The maximum atomic E-state index is 6.14. The van der Waals surface area contributed by atoms with Crippen LogP contribution in [0.3, 0.4) is 0 Å². The molecule has 0 bridgehead atoms. The van der Waals surface area contributed by atoms with E-state index in [1.165, 1.54) is 0 Å². The molecule has 0 aromatic carbocycles. The molecule has 17 heavy (non-hydrogen) atoms. The number of hydrogen-bond donors (Lipinski definition) is 1. The van der Waals surface area contributed by atoms with Crippen LogP contribution >= 0.6 is 11.8 Å². The van der Waals surface area contributed by atoms with Crippen LogP contribution in [-0.2, 0) is 11.8 Å². The summed E-state index contributed by atoms with van der Waals surface area (Å²) < 4.78 is 7.90. The van der Waals surface area contributed by atoms with Crippen molar-refractivity contribution in [1.82, 2.24) is 20.1 Å². The number of morpholine rings is 1. The number of aryl methyl sites for hydroxylation is 1. The highest BCUT2D eigenvalue weighted by Crippen LogP contribution is 2.46. The highest BCUT2D eigenvalue weighted by atomic mass is 32.2. The van der Waals surface area contributed by atoms with Crippen LogP contribution in [0.1, 0.15) is 25.2 Å². The highest BCUT2D eigenvalue weighted by molar-refractivity contribution is 8.00. The summed E-state index contributed by atoms with van der Waals surface area (Å²) in [7, 11) is 1.90. The Bertz CT molecular complexity index is 410. The van der Waals surface area contributed by atoms with Gasteiger partial charge in [0.05, 0.1) is 12.6 Å². The predicted molar refractivity (Wildman–Crippen MR) is 67.0 cm³/mol. The van der Waals surface area contributed by atoms with Crippen molar-refractivity contribution in [1.29, 1.82) is 0 Å². The molecular weight excluding hydrogens is 236 g/mol. The van der Waals surface area contributed by atoms with Crippen molar-refractivity contribution in [2.24, 2.45) is 7.05 Å². The Morgan fingerprint density at radius 3 is 3.18 bits per heavy atom. The maximum absolute atomic E-state index is 6.14. The molecule has 1 spiro atoms. The van der Waals surface area contributed by atoms with Gasteiger partial charge in [0.25, 0.3) is 0 Å². The average Bonchev–Trinajstić information content (AvgIpc) is 2.89. The standard InChI is InChI=1S/C11H18N4OS/c1-8-11(3-6-17-8)9(12-4-5-16-11)10-13-7-15(2)14-10/h7-9,12H,3-6H2,1-2H3. The third kappa shape index (κ3) is 1.78. The van der Waals surface area contributed by atoms with Crippen molar-refractivity contribution >= 4 is 11.8 Å². The Morgan fingerprint density at radius 1 is 1.65 bits per heavy atom. The minimum absolute atomic E-state index is 0.121. The summed E-state index contributed by atoms with van der Waals surface area (Å²) in [4.78, 5) is 4.39. The lowest BCUT2D eigenvalue weighted by Crippen LogP contribution is -2.55. The lowest BCUT2D eigenvalue weighted by molar-refractivity contribution is -0.0959. The first-order valence-electron chi connectivity index (χ1n) is 6.07. The van der Waals surface area contributed by atoms with E-state index in [1.54, 1.807) is 11.0 Å². The summed E-state index contributed by atoms with van der Waals surface area (Å²) in [6.45, 7) is 3.91. The molecule has 5 nitrogen and oxygen atoms in total. The third-order valence-electron chi connectivity index (χ3n) is 3.73. The van der Waals surface area contributed by atoms with E-state index in [1.807, 2.05) is 18.8 Å². The number of nitrogens with one attached hydrogen (secondary N) is 1. The minimum atomic E-state index is -0.121. The lowest BCUT2D eigenvalue weighted by Gasteiger charge is -2.43. The molecule has 3 unspecified atom stereocenters. The van der Waals surface area contributed by atoms with Gasteiger partial charge in [0.2, 0.25) is 0 Å². The molecule has 2 aliphatic heterocycles. The fourth-order valence-corrected chi connectivity index (χ4v) is 4.20. The molecule has 2 fully saturated rings. The van der Waals surface area contributed by atoms with Crippen LogP contribution in [0.4, 0.5) is 0 Å². The van der Waals surface area contributed by atoms with Gasteiger partial charge in [0.1, 0.15) is 11.9 Å². The molecule has 3 heterocycles. The fourth-order valence-electron chi connectivity index (χ4n) is 2.81. The van der Waals surface area contributed by atoms with Crippen LogP contribution in [0.2, 0.25) is 0 Å². The number of nitrogens with zero attached hydrogens (tertiary/aromatic N) is 3. The molecule has 2 aliphatic rings. The predicted octanol–water partition coefficient (Wildman–Crippen LogP) is 0.740. The van der Waals surface area contributed by atoms with Gasteiger partial charge in [-0.1, -0.05) is 6.92 Å². The second kappa shape index (κ2) is 4.26. The summed E-state index contributed by atoms with van der Waals surface area (Å²) in [6.07, 6.45) is 2.83. The largest absolute Gasteiger partial charge is 0.370 e. The summed E-state index contributed by atoms with van der Waals surface area (Å²) in [5.74, 6) is 2.02. The number of thioether (sulfide) groups is 1. The van der Waals surface area contributed by atoms with Gasteiger partial charge in [0, 0.05) is 18.8 Å². The number of ether oxygens (including phenoxy) is 1. The smallest absolute Gasteiger partial charge is 0.170 e. The van der Waals surface area contributed by atoms with Crippen molar-refractivity contribution in [2.45, 2.75) is 30.2 Å². The Morgan fingerprint density at radius 2 is 2.53 bits per heavy atom. The molecule has 1 aromatic heterocycles. The quantitative estimate of drug-likeness (QED) is 0.801. The van der Waals surface area contributed by atoms with E-state index < -0.39 is 0 Å². The van der Waals surface area contributed by atoms with E-state index in [-0.39, 0.29) is 11.6 Å². The molecule has 94 valence electrons. The van der Waals surface area contributed by atoms with Crippen molar-refractivity contribution in [3.8, 4) is 0 Å². The van der Waals surface area contributed by atoms with Gasteiger partial charge >= 0.3 is 0 Å². The molecule has 6 heteroatoms. The fraction of sp³-hybridized carbons (Fsp3) is 0.818. The molecule has 1 N–H and O–H groups in total. The van der Waals surface area contributed by atoms with E-state index >= 15 is 0 Å². The summed E-state index contributed by atoms with van der Waals surface area (Å²) >= 11 is 1.98. The summed E-state index contributed by atoms with van der Waals surface area (Å²) in [5, 5.41) is 8.47. The normalized spacial score (nSPS) is 37.8. The van der Waals surface area contributed by atoms with Crippen LogP contribution in [0.25, 0.3) is 0 Å². The highest BCUT2D eigenvalue weighted by Gasteiger charge is 2.51. The zero-order valence-corrected chi connectivity index (χ0v) is 11.0. The van der Waals surface area contributed by atoms with E-state index in [2.05, 4.69) is 22.3 Å². The lowest BCUT2D eigenvalue weighted by atomic mass is 9.86.